The monoisotopic (exact) mass is 309 g/mol. The summed E-state index contributed by atoms with van der Waals surface area (Å²) >= 11 is 0. The lowest BCUT2D eigenvalue weighted by Crippen LogP contribution is -2.50. The molecule has 3 aromatic heterocycles. The molecule has 0 saturated carbocycles. The topological polar surface area (TPSA) is 66.8 Å². The van der Waals surface area contributed by atoms with Gasteiger partial charge in [0.15, 0.2) is 0 Å². The predicted octanol–water partition coefficient (Wildman–Crippen LogP) is 2.09. The summed E-state index contributed by atoms with van der Waals surface area (Å²) in [5.41, 5.74) is 2.87. The van der Waals surface area contributed by atoms with Crippen LogP contribution in [0.15, 0.2) is 36.9 Å². The van der Waals surface area contributed by atoms with Crippen LogP contribution in [0.2, 0.25) is 0 Å². The van der Waals surface area contributed by atoms with Crippen molar-refractivity contribution < 1.29 is 4.79 Å². The number of H-pyrrole nitrogens is 1. The van der Waals surface area contributed by atoms with Crippen molar-refractivity contribution in [1.82, 2.24) is 24.6 Å². The number of pyridine rings is 1. The molecule has 23 heavy (non-hydrogen) atoms. The van der Waals surface area contributed by atoms with Crippen LogP contribution in [0.4, 0.5) is 0 Å². The van der Waals surface area contributed by atoms with Gasteiger partial charge in [0.2, 0.25) is 0 Å². The van der Waals surface area contributed by atoms with Gasteiger partial charge in [0.05, 0.1) is 23.0 Å². The van der Waals surface area contributed by atoms with E-state index in [1.165, 1.54) is 5.39 Å². The summed E-state index contributed by atoms with van der Waals surface area (Å²) in [5, 5.41) is 5.36. The van der Waals surface area contributed by atoms with Crippen molar-refractivity contribution in [2.24, 2.45) is 5.92 Å². The van der Waals surface area contributed by atoms with Gasteiger partial charge in [0.1, 0.15) is 0 Å². The van der Waals surface area contributed by atoms with Gasteiger partial charge >= 0.3 is 0 Å². The van der Waals surface area contributed by atoms with Crippen LogP contribution in [-0.4, -0.2) is 43.6 Å². The third kappa shape index (κ3) is 2.50. The summed E-state index contributed by atoms with van der Waals surface area (Å²) in [7, 11) is 0. The summed E-state index contributed by atoms with van der Waals surface area (Å²) < 4.78 is 1.78. The molecular formula is C17H19N5O. The van der Waals surface area contributed by atoms with E-state index < -0.39 is 0 Å². The molecule has 1 amide bonds. The predicted molar refractivity (Wildman–Crippen MR) is 87.1 cm³/mol. The van der Waals surface area contributed by atoms with E-state index in [1.807, 2.05) is 36.5 Å². The number of aromatic nitrogens is 4. The summed E-state index contributed by atoms with van der Waals surface area (Å²) in [5.74, 6) is 0.550. The maximum absolute atomic E-state index is 12.4. The molecule has 118 valence electrons. The van der Waals surface area contributed by atoms with E-state index in [-0.39, 0.29) is 5.91 Å². The minimum Gasteiger partial charge on any atom is -0.360 e. The second-order valence-electron chi connectivity index (χ2n) is 6.06. The van der Waals surface area contributed by atoms with Crippen LogP contribution in [0, 0.1) is 5.92 Å². The molecule has 1 saturated heterocycles. The van der Waals surface area contributed by atoms with E-state index in [0.717, 1.165) is 37.3 Å². The summed E-state index contributed by atoms with van der Waals surface area (Å²) in [6, 6.07) is 4.07. The molecule has 1 fully saturated rings. The Kier molecular flexibility index (Phi) is 3.37. The Morgan fingerprint density at radius 1 is 1.39 bits per heavy atom. The molecule has 0 spiro atoms. The first-order chi connectivity index (χ1) is 11.2. The van der Waals surface area contributed by atoms with Gasteiger partial charge in [-0.05, 0) is 31.4 Å². The molecule has 1 aliphatic rings. The summed E-state index contributed by atoms with van der Waals surface area (Å²) in [6.45, 7) is 4.36. The molecule has 4 rings (SSSR count). The van der Waals surface area contributed by atoms with Gasteiger partial charge in [-0.1, -0.05) is 0 Å². The van der Waals surface area contributed by atoms with Crippen LogP contribution >= 0.6 is 0 Å². The number of rotatable bonds is 4. The zero-order valence-electron chi connectivity index (χ0n) is 13.1. The van der Waals surface area contributed by atoms with E-state index in [9.17, 15) is 4.79 Å². The summed E-state index contributed by atoms with van der Waals surface area (Å²) in [4.78, 5) is 22.0. The molecule has 0 unspecified atom stereocenters. The van der Waals surface area contributed by atoms with Gasteiger partial charge in [-0.2, -0.15) is 5.10 Å². The van der Waals surface area contributed by atoms with Crippen molar-refractivity contribution in [1.29, 1.82) is 0 Å². The van der Waals surface area contributed by atoms with Crippen molar-refractivity contribution in [2.45, 2.75) is 19.9 Å². The second kappa shape index (κ2) is 5.53. The smallest absolute Gasteiger partial charge is 0.257 e. The number of nitrogens with one attached hydrogen (secondary N) is 1. The maximum atomic E-state index is 12.4. The molecule has 0 bridgehead atoms. The Labute approximate surface area is 134 Å². The summed E-state index contributed by atoms with van der Waals surface area (Å²) in [6.07, 6.45) is 8.16. The second-order valence-corrected chi connectivity index (χ2v) is 6.06. The number of hydrogen-bond acceptors (Lipinski definition) is 3. The average Bonchev–Trinajstić information content (AvgIpc) is 3.18. The van der Waals surface area contributed by atoms with Crippen molar-refractivity contribution in [3.05, 3.63) is 48.2 Å². The fourth-order valence-corrected chi connectivity index (χ4v) is 3.16. The number of nitrogens with zero attached hydrogens (tertiary/aromatic N) is 4. The Balaban J connectivity index is 1.40. The maximum Gasteiger partial charge on any atom is 0.257 e. The highest BCUT2D eigenvalue weighted by Gasteiger charge is 2.32. The average molecular weight is 309 g/mol. The lowest BCUT2D eigenvalue weighted by molar-refractivity contribution is 0.0500. The van der Waals surface area contributed by atoms with Crippen LogP contribution in [0.3, 0.4) is 0 Å². The van der Waals surface area contributed by atoms with Crippen LogP contribution in [0.25, 0.3) is 10.9 Å². The van der Waals surface area contributed by atoms with E-state index in [0.29, 0.717) is 11.5 Å². The van der Waals surface area contributed by atoms with Gasteiger partial charge in [-0.25, -0.2) is 0 Å². The number of amides is 1. The molecule has 0 atom stereocenters. The Bertz CT molecular complexity index is 843. The molecule has 0 radical (unpaired) electrons. The highest BCUT2D eigenvalue weighted by molar-refractivity contribution is 5.94. The van der Waals surface area contributed by atoms with Crippen LogP contribution < -0.4 is 0 Å². The number of carbonyl (C=O) groups excluding carboxylic acids is 1. The van der Waals surface area contributed by atoms with Crippen molar-refractivity contribution >= 4 is 16.8 Å². The van der Waals surface area contributed by atoms with Gasteiger partial charge in [0.25, 0.3) is 5.91 Å². The molecule has 6 heteroatoms. The normalized spacial score (nSPS) is 15.1. The molecule has 3 aromatic rings. The molecule has 1 aliphatic heterocycles. The number of aryl methyl sites for hydroxylation is 1. The van der Waals surface area contributed by atoms with Gasteiger partial charge in [0, 0.05) is 43.6 Å². The zero-order chi connectivity index (χ0) is 15.8. The third-order valence-corrected chi connectivity index (χ3v) is 4.48. The molecule has 0 aromatic carbocycles. The number of hydrogen-bond donors (Lipinski definition) is 1. The highest BCUT2D eigenvalue weighted by atomic mass is 16.2. The third-order valence-electron chi connectivity index (χ3n) is 4.48. The fourth-order valence-electron chi connectivity index (χ4n) is 3.16. The van der Waals surface area contributed by atoms with Crippen LogP contribution in [0.5, 0.6) is 0 Å². The van der Waals surface area contributed by atoms with Crippen molar-refractivity contribution in [2.75, 3.05) is 13.1 Å². The molecule has 6 nitrogen and oxygen atoms in total. The lowest BCUT2D eigenvalue weighted by atomic mass is 9.93. The lowest BCUT2D eigenvalue weighted by Gasteiger charge is -2.39. The van der Waals surface area contributed by atoms with Crippen molar-refractivity contribution in [3.8, 4) is 0 Å². The van der Waals surface area contributed by atoms with Gasteiger partial charge in [-0.15, -0.1) is 0 Å². The number of carbonyl (C=O) groups is 1. The standard InChI is InChI=1S/C17H19N5O/c1-2-22-11-14(8-20-22)17(23)21-9-12(10-21)7-15-16-13(3-5-18-15)4-6-19-16/h3-6,8,11-12,19H,2,7,9-10H2,1H3. The Morgan fingerprint density at radius 2 is 2.26 bits per heavy atom. The fraction of sp³-hybridized carbons (Fsp3) is 0.353. The molecule has 1 N–H and O–H groups in total. The van der Waals surface area contributed by atoms with E-state index in [2.05, 4.69) is 21.1 Å². The molecular weight excluding hydrogens is 290 g/mol. The minimum atomic E-state index is 0.0759. The quantitative estimate of drug-likeness (QED) is 0.802. The SMILES string of the molecule is CCn1cc(C(=O)N2CC(Cc3nccc4cc[nH]c34)C2)cn1. The van der Waals surface area contributed by atoms with Crippen LogP contribution in [0.1, 0.15) is 23.0 Å². The minimum absolute atomic E-state index is 0.0759. The number of aromatic amines is 1. The van der Waals surface area contributed by atoms with Crippen LogP contribution in [-0.2, 0) is 13.0 Å². The largest absolute Gasteiger partial charge is 0.360 e. The number of fused-ring (bicyclic) bond motifs is 1. The first kappa shape index (κ1) is 14.0. The molecule has 4 heterocycles. The first-order valence-electron chi connectivity index (χ1n) is 7.97. The van der Waals surface area contributed by atoms with E-state index in [1.54, 1.807) is 10.9 Å². The van der Waals surface area contributed by atoms with Gasteiger partial charge in [-0.3, -0.25) is 14.5 Å². The van der Waals surface area contributed by atoms with Crippen molar-refractivity contribution in [3.63, 3.8) is 0 Å². The highest BCUT2D eigenvalue weighted by Crippen LogP contribution is 2.24. The van der Waals surface area contributed by atoms with Gasteiger partial charge < -0.3 is 9.88 Å². The number of likely N-dealkylation sites (tertiary alicyclic amines) is 1. The zero-order valence-corrected chi connectivity index (χ0v) is 13.1. The van der Waals surface area contributed by atoms with E-state index in [4.69, 9.17) is 0 Å². The molecule has 0 aliphatic carbocycles. The Morgan fingerprint density at radius 3 is 3.04 bits per heavy atom. The Hall–Kier alpha value is -2.63. The van der Waals surface area contributed by atoms with E-state index >= 15 is 0 Å². The first-order valence-corrected chi connectivity index (χ1v) is 7.97.